The Kier molecular flexibility index (Phi) is 5.86. The van der Waals surface area contributed by atoms with Gasteiger partial charge in [-0.05, 0) is 80.8 Å². The van der Waals surface area contributed by atoms with Crippen molar-refractivity contribution in [2.45, 2.75) is 51.6 Å². The molecule has 0 spiro atoms. The van der Waals surface area contributed by atoms with Gasteiger partial charge in [0.1, 0.15) is 5.82 Å². The molecule has 8 heteroatoms. The number of carbonyl (C=O) groups is 3. The van der Waals surface area contributed by atoms with E-state index < -0.39 is 11.8 Å². The van der Waals surface area contributed by atoms with Crippen LogP contribution in [-0.4, -0.2) is 41.3 Å². The molecule has 4 rings (SSSR count). The summed E-state index contributed by atoms with van der Waals surface area (Å²) in [6.45, 7) is 4.38. The summed E-state index contributed by atoms with van der Waals surface area (Å²) in [5.74, 6) is 0.221. The SMILES string of the molecule is Cc1cc(C(=O)NC2CCN(c3ccc(C(N)=O)cn3)C3CCC3C2)c(C)cc1C(N)=O. The second-order valence-electron chi connectivity index (χ2n) is 8.91. The lowest BCUT2D eigenvalue weighted by Crippen LogP contribution is -2.47. The summed E-state index contributed by atoms with van der Waals surface area (Å²) in [5, 5.41) is 3.21. The van der Waals surface area contributed by atoms with E-state index in [-0.39, 0.29) is 11.9 Å². The number of carbonyl (C=O) groups excluding carboxylic acids is 3. The first kappa shape index (κ1) is 21.8. The molecule has 0 radical (unpaired) electrons. The minimum absolute atomic E-state index is 0.0562. The van der Waals surface area contributed by atoms with Crippen molar-refractivity contribution in [3.8, 4) is 0 Å². The van der Waals surface area contributed by atoms with Crippen molar-refractivity contribution in [3.63, 3.8) is 0 Å². The molecule has 1 aliphatic carbocycles. The number of rotatable bonds is 5. The van der Waals surface area contributed by atoms with E-state index in [1.807, 2.05) is 13.0 Å². The maximum atomic E-state index is 13.0. The number of hydrogen-bond acceptors (Lipinski definition) is 5. The molecule has 1 aromatic heterocycles. The number of hydrogen-bond donors (Lipinski definition) is 3. The number of primary amides is 2. The Labute approximate surface area is 187 Å². The molecule has 2 aromatic rings. The lowest BCUT2D eigenvalue weighted by molar-refractivity contribution is 0.0922. The van der Waals surface area contributed by atoms with Crippen LogP contribution in [-0.2, 0) is 0 Å². The summed E-state index contributed by atoms with van der Waals surface area (Å²) in [5.41, 5.74) is 13.6. The molecule has 8 nitrogen and oxygen atoms in total. The number of amides is 3. The van der Waals surface area contributed by atoms with E-state index in [0.29, 0.717) is 34.2 Å². The quantitative estimate of drug-likeness (QED) is 0.662. The predicted molar refractivity (Wildman–Crippen MR) is 122 cm³/mol. The van der Waals surface area contributed by atoms with E-state index in [0.717, 1.165) is 43.6 Å². The molecule has 2 fully saturated rings. The van der Waals surface area contributed by atoms with Gasteiger partial charge in [0, 0.05) is 36.0 Å². The zero-order valence-electron chi connectivity index (χ0n) is 18.4. The predicted octanol–water partition coefficient (Wildman–Crippen LogP) is 2.07. The van der Waals surface area contributed by atoms with Gasteiger partial charge in [0.2, 0.25) is 11.8 Å². The zero-order valence-corrected chi connectivity index (χ0v) is 18.4. The van der Waals surface area contributed by atoms with Crippen molar-refractivity contribution in [1.29, 1.82) is 0 Å². The molecule has 1 saturated heterocycles. The molecule has 0 bridgehead atoms. The van der Waals surface area contributed by atoms with E-state index in [2.05, 4.69) is 15.2 Å². The molecule has 3 unspecified atom stereocenters. The third-order valence-corrected chi connectivity index (χ3v) is 6.83. The monoisotopic (exact) mass is 435 g/mol. The van der Waals surface area contributed by atoms with Crippen molar-refractivity contribution >= 4 is 23.5 Å². The van der Waals surface area contributed by atoms with Gasteiger partial charge in [-0.2, -0.15) is 0 Å². The summed E-state index contributed by atoms with van der Waals surface area (Å²) >= 11 is 0. The van der Waals surface area contributed by atoms with Gasteiger partial charge in [0.05, 0.1) is 5.56 Å². The van der Waals surface area contributed by atoms with Crippen molar-refractivity contribution in [1.82, 2.24) is 10.3 Å². The third kappa shape index (κ3) is 4.17. The minimum atomic E-state index is -0.491. The van der Waals surface area contributed by atoms with E-state index in [9.17, 15) is 14.4 Å². The van der Waals surface area contributed by atoms with E-state index in [4.69, 9.17) is 11.5 Å². The minimum Gasteiger partial charge on any atom is -0.366 e. The molecule has 168 valence electrons. The fraction of sp³-hybridized carbons (Fsp3) is 0.417. The molecular formula is C24H29N5O3. The molecule has 2 heterocycles. The van der Waals surface area contributed by atoms with Gasteiger partial charge < -0.3 is 21.7 Å². The van der Waals surface area contributed by atoms with Crippen molar-refractivity contribution in [2.24, 2.45) is 17.4 Å². The lowest BCUT2D eigenvalue weighted by Gasteiger charge is -2.43. The Bertz CT molecular complexity index is 1070. The number of nitrogens with one attached hydrogen (secondary N) is 1. The standard InChI is InChI=1S/C24H29N5O3/c1-13-10-19(14(2)9-18(13)23(26)31)24(32)28-17-7-8-29(20-5-3-15(20)11-17)21-6-4-16(12-27-21)22(25)30/h4,6,9-10,12,15,17,20H,3,5,7-8,11H2,1-2H3,(H2,25,30)(H2,26,31)(H,28,32). The summed E-state index contributed by atoms with van der Waals surface area (Å²) in [6, 6.07) is 7.43. The summed E-state index contributed by atoms with van der Waals surface area (Å²) in [7, 11) is 0. The highest BCUT2D eigenvalue weighted by Crippen LogP contribution is 2.40. The fourth-order valence-electron chi connectivity index (χ4n) is 4.89. The van der Waals surface area contributed by atoms with Gasteiger partial charge in [0.25, 0.3) is 5.91 Å². The third-order valence-electron chi connectivity index (χ3n) is 6.83. The normalized spacial score (nSPS) is 22.3. The molecule has 1 saturated carbocycles. The maximum absolute atomic E-state index is 13.0. The number of aryl methyl sites for hydroxylation is 2. The molecule has 3 amide bonds. The van der Waals surface area contributed by atoms with Crippen LogP contribution in [0, 0.1) is 19.8 Å². The Hall–Kier alpha value is -3.42. The summed E-state index contributed by atoms with van der Waals surface area (Å²) < 4.78 is 0. The Balaban J connectivity index is 1.47. The van der Waals surface area contributed by atoms with Gasteiger partial charge in [-0.15, -0.1) is 0 Å². The highest BCUT2D eigenvalue weighted by molar-refractivity contribution is 5.99. The van der Waals surface area contributed by atoms with Crippen LogP contribution in [0.2, 0.25) is 0 Å². The number of benzene rings is 1. The van der Waals surface area contributed by atoms with Crippen LogP contribution in [0.15, 0.2) is 30.5 Å². The van der Waals surface area contributed by atoms with Crippen LogP contribution >= 0.6 is 0 Å². The van der Waals surface area contributed by atoms with Crippen LogP contribution < -0.4 is 21.7 Å². The number of fused-ring (bicyclic) bond motifs is 1. The summed E-state index contributed by atoms with van der Waals surface area (Å²) in [6.07, 6.45) is 5.46. The van der Waals surface area contributed by atoms with Gasteiger partial charge in [-0.1, -0.05) is 0 Å². The molecular weight excluding hydrogens is 406 g/mol. The Morgan fingerprint density at radius 1 is 1.00 bits per heavy atom. The van der Waals surface area contributed by atoms with E-state index >= 15 is 0 Å². The Morgan fingerprint density at radius 3 is 2.31 bits per heavy atom. The number of nitrogens with two attached hydrogens (primary N) is 2. The molecule has 1 aliphatic heterocycles. The first-order valence-corrected chi connectivity index (χ1v) is 11.0. The van der Waals surface area contributed by atoms with Crippen molar-refractivity contribution < 1.29 is 14.4 Å². The molecule has 3 atom stereocenters. The van der Waals surface area contributed by atoms with Gasteiger partial charge in [0.15, 0.2) is 0 Å². The first-order chi connectivity index (χ1) is 15.2. The fourth-order valence-corrected chi connectivity index (χ4v) is 4.89. The zero-order chi connectivity index (χ0) is 23.0. The number of nitrogens with zero attached hydrogens (tertiary/aromatic N) is 2. The van der Waals surface area contributed by atoms with Gasteiger partial charge in [-0.3, -0.25) is 14.4 Å². The largest absolute Gasteiger partial charge is 0.366 e. The van der Waals surface area contributed by atoms with E-state index in [1.165, 1.54) is 6.20 Å². The van der Waals surface area contributed by atoms with Crippen LogP contribution in [0.5, 0.6) is 0 Å². The molecule has 5 N–H and O–H groups in total. The number of pyridine rings is 1. The highest BCUT2D eigenvalue weighted by Gasteiger charge is 2.40. The maximum Gasteiger partial charge on any atom is 0.251 e. The average Bonchev–Trinajstić information content (AvgIpc) is 2.85. The second kappa shape index (κ2) is 8.61. The number of anilines is 1. The smallest absolute Gasteiger partial charge is 0.251 e. The van der Waals surface area contributed by atoms with Crippen LogP contribution in [0.25, 0.3) is 0 Å². The lowest BCUT2D eigenvalue weighted by atomic mass is 9.76. The average molecular weight is 436 g/mol. The molecule has 2 aliphatic rings. The molecule has 1 aromatic carbocycles. The number of aromatic nitrogens is 1. The first-order valence-electron chi connectivity index (χ1n) is 11.0. The van der Waals surface area contributed by atoms with Crippen LogP contribution in [0.1, 0.15) is 67.9 Å². The van der Waals surface area contributed by atoms with Gasteiger partial charge >= 0.3 is 0 Å². The van der Waals surface area contributed by atoms with Crippen molar-refractivity contribution in [3.05, 3.63) is 58.3 Å². The summed E-state index contributed by atoms with van der Waals surface area (Å²) in [4.78, 5) is 42.7. The van der Waals surface area contributed by atoms with Crippen LogP contribution in [0.3, 0.4) is 0 Å². The van der Waals surface area contributed by atoms with Crippen molar-refractivity contribution in [2.75, 3.05) is 11.4 Å². The van der Waals surface area contributed by atoms with E-state index in [1.54, 1.807) is 25.1 Å². The highest BCUT2D eigenvalue weighted by atomic mass is 16.2. The van der Waals surface area contributed by atoms with Gasteiger partial charge in [-0.25, -0.2) is 4.98 Å². The topological polar surface area (TPSA) is 131 Å². The molecule has 32 heavy (non-hydrogen) atoms. The second-order valence-corrected chi connectivity index (χ2v) is 8.91. The van der Waals surface area contributed by atoms with Crippen LogP contribution in [0.4, 0.5) is 5.82 Å². The Morgan fingerprint density at radius 2 is 1.72 bits per heavy atom.